The van der Waals surface area contributed by atoms with Crippen molar-refractivity contribution in [2.24, 2.45) is 0 Å². The first-order chi connectivity index (χ1) is 21.8. The summed E-state index contributed by atoms with van der Waals surface area (Å²) in [4.78, 5) is 88.9. The van der Waals surface area contributed by atoms with Crippen LogP contribution in [0.2, 0.25) is 0 Å². The van der Waals surface area contributed by atoms with Gasteiger partial charge in [-0.05, 0) is 38.5 Å². The number of thioether (sulfide) groups is 1. The lowest BCUT2D eigenvalue weighted by atomic mass is 9.95. The van der Waals surface area contributed by atoms with Crippen LogP contribution in [0, 0.1) is 10.1 Å². The second-order valence-corrected chi connectivity index (χ2v) is 12.5. The lowest BCUT2D eigenvalue weighted by Gasteiger charge is -2.44. The number of nitro benzene ring substituents is 1. The second-order valence-electron chi connectivity index (χ2n) is 10.7. The van der Waals surface area contributed by atoms with Crippen molar-refractivity contribution >= 4 is 58.3 Å². The molecule has 3 aromatic rings. The van der Waals surface area contributed by atoms with Crippen molar-refractivity contribution < 1.29 is 47.9 Å². The highest BCUT2D eigenvalue weighted by atomic mass is 32.2. The Hall–Kier alpha value is -5.45. The number of hydrogen-bond donors (Lipinski definition) is 3. The van der Waals surface area contributed by atoms with Gasteiger partial charge in [-0.15, -0.1) is 11.8 Å². The molecule has 5 rings (SSSR count). The van der Waals surface area contributed by atoms with E-state index in [1.807, 2.05) is 0 Å². The molecule has 3 heterocycles. The summed E-state index contributed by atoms with van der Waals surface area (Å²) in [6.07, 6.45) is -0.542. The van der Waals surface area contributed by atoms with Crippen molar-refractivity contribution in [2.75, 3.05) is 6.61 Å². The van der Waals surface area contributed by atoms with Crippen LogP contribution in [0.15, 0.2) is 57.9 Å². The lowest BCUT2D eigenvalue weighted by molar-refractivity contribution is -0.384. The van der Waals surface area contributed by atoms with Crippen molar-refractivity contribution in [2.45, 2.75) is 49.0 Å². The minimum Gasteiger partial charge on any atom is -0.480 e. The van der Waals surface area contributed by atoms with E-state index in [1.165, 1.54) is 35.7 Å². The lowest BCUT2D eigenvalue weighted by Crippen LogP contribution is -2.71. The zero-order chi connectivity index (χ0) is 33.5. The number of hydrogen-bond acceptors (Lipinski definition) is 12. The Bertz CT molecular complexity index is 1840. The van der Waals surface area contributed by atoms with Crippen LogP contribution in [-0.4, -0.2) is 73.6 Å². The number of β-lactam (4-membered cyclic amide) rings is 1. The molecule has 0 aliphatic carbocycles. The standard InChI is InChI=1S/C29H26N4O12S/c1-4-43-28(40)45-16-11-10-14-20(34)15(12-44-21(14)19(16)33(41)42)23(35)30-17(13-8-6-5-7-9-13)24(36)31-18-25(37)32-22(27(38)39)29(2,3)46-26(18)32/h5-12,17-18,22,26H,4H2,1-3H3,(H,30,35)(H,31,36)(H,38,39)/t17?,18-,22+,26-/m1/s1. The molecule has 46 heavy (non-hydrogen) atoms. The van der Waals surface area contributed by atoms with Gasteiger partial charge in [0.15, 0.2) is 0 Å². The van der Waals surface area contributed by atoms with Gasteiger partial charge in [-0.3, -0.25) is 29.3 Å². The smallest absolute Gasteiger partial charge is 0.480 e. The van der Waals surface area contributed by atoms with Gasteiger partial charge in [0.1, 0.15) is 35.3 Å². The summed E-state index contributed by atoms with van der Waals surface area (Å²) in [6.45, 7) is 4.81. The number of benzene rings is 2. The van der Waals surface area contributed by atoms with Crippen LogP contribution in [0.4, 0.5) is 10.5 Å². The van der Waals surface area contributed by atoms with Gasteiger partial charge >= 0.3 is 17.8 Å². The molecule has 240 valence electrons. The number of nitrogens with one attached hydrogen (secondary N) is 2. The van der Waals surface area contributed by atoms with Crippen LogP contribution in [0.1, 0.15) is 42.7 Å². The molecule has 16 nitrogen and oxygen atoms in total. The largest absolute Gasteiger partial charge is 0.514 e. The van der Waals surface area contributed by atoms with Crippen molar-refractivity contribution in [3.05, 3.63) is 80.2 Å². The van der Waals surface area contributed by atoms with E-state index in [9.17, 15) is 44.0 Å². The average Bonchev–Trinajstić information content (AvgIpc) is 3.26. The first kappa shape index (κ1) is 32.0. The topological polar surface area (TPSA) is 225 Å². The van der Waals surface area contributed by atoms with E-state index in [4.69, 9.17) is 9.15 Å². The fourth-order valence-corrected chi connectivity index (χ4v) is 6.98. The van der Waals surface area contributed by atoms with Gasteiger partial charge in [0.25, 0.3) is 5.91 Å². The molecular weight excluding hydrogens is 628 g/mol. The summed E-state index contributed by atoms with van der Waals surface area (Å²) in [7, 11) is 0. The number of carbonyl (C=O) groups is 5. The third kappa shape index (κ3) is 5.60. The number of nitrogens with zero attached hydrogens (tertiary/aromatic N) is 2. The van der Waals surface area contributed by atoms with E-state index in [0.717, 1.165) is 12.1 Å². The van der Waals surface area contributed by atoms with Gasteiger partial charge in [-0.25, -0.2) is 9.59 Å². The van der Waals surface area contributed by atoms with Gasteiger partial charge in [-0.2, -0.15) is 0 Å². The molecule has 2 aliphatic rings. The Morgan fingerprint density at radius 2 is 1.85 bits per heavy atom. The molecule has 17 heteroatoms. The van der Waals surface area contributed by atoms with E-state index < -0.39 is 91.0 Å². The Morgan fingerprint density at radius 1 is 1.15 bits per heavy atom. The number of carbonyl (C=O) groups excluding carboxylic acids is 4. The Labute approximate surface area is 263 Å². The average molecular weight is 655 g/mol. The minimum absolute atomic E-state index is 0.0614. The van der Waals surface area contributed by atoms with Gasteiger partial charge in [0, 0.05) is 4.75 Å². The van der Waals surface area contributed by atoms with Crippen LogP contribution < -0.4 is 20.8 Å². The fourth-order valence-electron chi connectivity index (χ4n) is 5.35. The van der Waals surface area contributed by atoms with Gasteiger partial charge < -0.3 is 34.5 Å². The third-order valence-electron chi connectivity index (χ3n) is 7.40. The molecule has 1 unspecified atom stereocenters. The second kappa shape index (κ2) is 12.2. The molecule has 3 N–H and O–H groups in total. The highest BCUT2D eigenvalue weighted by Gasteiger charge is 2.64. The van der Waals surface area contributed by atoms with Crippen molar-refractivity contribution in [3.63, 3.8) is 0 Å². The van der Waals surface area contributed by atoms with Crippen molar-refractivity contribution in [1.29, 1.82) is 0 Å². The molecular formula is C29H26N4O12S. The first-order valence-electron chi connectivity index (χ1n) is 13.7. The number of aliphatic carboxylic acids is 1. The zero-order valence-corrected chi connectivity index (χ0v) is 25.2. The maximum absolute atomic E-state index is 13.6. The normalized spacial score (nSPS) is 20.2. The van der Waals surface area contributed by atoms with Crippen LogP contribution >= 0.6 is 11.8 Å². The molecule has 2 saturated heterocycles. The summed E-state index contributed by atoms with van der Waals surface area (Å²) < 4.78 is 14.0. The molecule has 0 spiro atoms. The van der Waals surface area contributed by atoms with Crippen molar-refractivity contribution in [3.8, 4) is 5.75 Å². The molecule has 2 aromatic carbocycles. The van der Waals surface area contributed by atoms with Crippen LogP contribution in [0.5, 0.6) is 5.75 Å². The number of nitro groups is 1. The molecule has 1 aromatic heterocycles. The van der Waals surface area contributed by atoms with E-state index in [0.29, 0.717) is 11.8 Å². The number of ether oxygens (including phenoxy) is 2. The predicted octanol–water partition coefficient (Wildman–Crippen LogP) is 2.34. The summed E-state index contributed by atoms with van der Waals surface area (Å²) in [6, 6.07) is 6.40. The van der Waals surface area contributed by atoms with Crippen LogP contribution in [-0.2, 0) is 19.1 Å². The first-order valence-corrected chi connectivity index (χ1v) is 14.6. The number of carboxylic acids is 1. The number of amides is 3. The van der Waals surface area contributed by atoms with E-state index in [2.05, 4.69) is 15.4 Å². The summed E-state index contributed by atoms with van der Waals surface area (Å²) >= 11 is 1.22. The van der Waals surface area contributed by atoms with Gasteiger partial charge in [-0.1, -0.05) is 30.3 Å². The summed E-state index contributed by atoms with van der Waals surface area (Å²) in [5.41, 5.74) is -2.71. The number of fused-ring (bicyclic) bond motifs is 2. The SMILES string of the molecule is CCOC(=O)Oc1ccc2c(=O)c(C(=O)NC(C(=O)N[C@@H]3C(=O)N4[C@@H]3SC(C)(C)[C@@H]4C(=O)O)c3ccccc3)coc2c1[N+](=O)[O-]. The maximum atomic E-state index is 13.6. The summed E-state index contributed by atoms with van der Waals surface area (Å²) in [5, 5.41) is 25.5. The molecule has 0 radical (unpaired) electrons. The zero-order valence-electron chi connectivity index (χ0n) is 24.4. The van der Waals surface area contributed by atoms with Gasteiger partial charge in [0.2, 0.25) is 28.6 Å². The highest BCUT2D eigenvalue weighted by Crippen LogP contribution is 2.50. The Morgan fingerprint density at radius 3 is 2.48 bits per heavy atom. The molecule has 2 aliphatic heterocycles. The number of carboxylic acid groups (broad SMARTS) is 1. The van der Waals surface area contributed by atoms with Gasteiger partial charge in [0.05, 0.1) is 16.9 Å². The number of rotatable bonds is 9. The monoisotopic (exact) mass is 654 g/mol. The maximum Gasteiger partial charge on any atom is 0.514 e. The molecule has 0 bridgehead atoms. The Kier molecular flexibility index (Phi) is 8.44. The highest BCUT2D eigenvalue weighted by molar-refractivity contribution is 8.01. The fraction of sp³-hybridized carbons (Fsp3) is 0.310. The molecule has 2 fully saturated rings. The Balaban J connectivity index is 1.42. The molecule has 3 amide bonds. The molecule has 0 saturated carbocycles. The van der Waals surface area contributed by atoms with E-state index in [-0.39, 0.29) is 12.0 Å². The van der Waals surface area contributed by atoms with E-state index in [1.54, 1.807) is 32.0 Å². The quantitative estimate of drug-likeness (QED) is 0.0991. The minimum atomic E-state index is -1.42. The predicted molar refractivity (Wildman–Crippen MR) is 159 cm³/mol. The van der Waals surface area contributed by atoms with Crippen molar-refractivity contribution in [1.82, 2.24) is 15.5 Å². The third-order valence-corrected chi connectivity index (χ3v) is 8.98. The van der Waals surface area contributed by atoms with E-state index >= 15 is 0 Å². The van der Waals surface area contributed by atoms with Crippen LogP contribution in [0.3, 0.4) is 0 Å². The van der Waals surface area contributed by atoms with Crippen LogP contribution in [0.25, 0.3) is 11.0 Å². The molecule has 4 atom stereocenters. The summed E-state index contributed by atoms with van der Waals surface area (Å²) in [5.74, 6) is -4.20.